The van der Waals surface area contributed by atoms with Crippen LogP contribution in [0.3, 0.4) is 0 Å². The Hall–Kier alpha value is -1.90. The van der Waals surface area contributed by atoms with Gasteiger partial charge in [0.05, 0.1) is 18.6 Å². The SMILES string of the molecule is COc1ncnc(N(C)C)c1NC(=O)C1CC12CCS(=O)(=O)CC2. The molecule has 1 saturated carbocycles. The quantitative estimate of drug-likeness (QED) is 0.849. The summed E-state index contributed by atoms with van der Waals surface area (Å²) in [5, 5.41) is 2.89. The van der Waals surface area contributed by atoms with Crippen molar-refractivity contribution in [3.8, 4) is 5.88 Å². The first kappa shape index (κ1) is 16.9. The van der Waals surface area contributed by atoms with Crippen LogP contribution < -0.4 is 15.0 Å². The van der Waals surface area contributed by atoms with Crippen LogP contribution in [-0.2, 0) is 14.6 Å². The third-order valence-electron chi connectivity index (χ3n) is 4.99. The lowest BCUT2D eigenvalue weighted by Crippen LogP contribution is -2.28. The van der Waals surface area contributed by atoms with Gasteiger partial charge in [-0.3, -0.25) is 4.79 Å². The highest BCUT2D eigenvalue weighted by Crippen LogP contribution is 2.60. The molecule has 1 spiro atoms. The Morgan fingerprint density at radius 2 is 2.00 bits per heavy atom. The van der Waals surface area contributed by atoms with Crippen molar-refractivity contribution in [1.29, 1.82) is 0 Å². The number of sulfone groups is 1. The lowest BCUT2D eigenvalue weighted by atomic mass is 9.96. The molecule has 2 aliphatic rings. The van der Waals surface area contributed by atoms with Crippen molar-refractivity contribution in [2.45, 2.75) is 19.3 Å². The number of ether oxygens (including phenoxy) is 1. The molecule has 1 aliphatic carbocycles. The number of hydrogen-bond donors (Lipinski definition) is 1. The summed E-state index contributed by atoms with van der Waals surface area (Å²) in [5.74, 6) is 0.951. The molecule has 9 heteroatoms. The molecule has 1 aliphatic heterocycles. The molecule has 8 nitrogen and oxygen atoms in total. The number of nitrogens with one attached hydrogen (secondary N) is 1. The van der Waals surface area contributed by atoms with Crippen LogP contribution in [0.4, 0.5) is 11.5 Å². The van der Waals surface area contributed by atoms with Crippen LogP contribution in [0, 0.1) is 11.3 Å². The molecule has 1 unspecified atom stereocenters. The Kier molecular flexibility index (Phi) is 4.15. The second-order valence-electron chi connectivity index (χ2n) is 6.74. The van der Waals surface area contributed by atoms with Gasteiger partial charge in [0, 0.05) is 20.0 Å². The maximum absolute atomic E-state index is 12.7. The van der Waals surface area contributed by atoms with Gasteiger partial charge in [-0.15, -0.1) is 0 Å². The molecule has 1 atom stereocenters. The zero-order chi connectivity index (χ0) is 17.5. The van der Waals surface area contributed by atoms with E-state index in [4.69, 9.17) is 4.74 Å². The van der Waals surface area contributed by atoms with Crippen LogP contribution in [-0.4, -0.2) is 57.0 Å². The molecule has 0 radical (unpaired) electrons. The van der Waals surface area contributed by atoms with E-state index in [0.29, 0.717) is 30.2 Å². The fraction of sp³-hybridized carbons (Fsp3) is 0.667. The van der Waals surface area contributed by atoms with Crippen molar-refractivity contribution in [3.63, 3.8) is 0 Å². The number of rotatable bonds is 4. The van der Waals surface area contributed by atoms with Gasteiger partial charge in [-0.25, -0.2) is 13.4 Å². The highest BCUT2D eigenvalue weighted by Gasteiger charge is 2.59. The average Bonchev–Trinajstić information content (AvgIpc) is 3.25. The fourth-order valence-corrected chi connectivity index (χ4v) is 5.03. The molecule has 0 aromatic carbocycles. The zero-order valence-corrected chi connectivity index (χ0v) is 14.9. The van der Waals surface area contributed by atoms with E-state index in [1.54, 1.807) is 4.90 Å². The summed E-state index contributed by atoms with van der Waals surface area (Å²) in [4.78, 5) is 22.7. The van der Waals surface area contributed by atoms with Gasteiger partial charge < -0.3 is 15.0 Å². The first-order valence-electron chi connectivity index (χ1n) is 7.86. The molecule has 1 amide bonds. The minimum Gasteiger partial charge on any atom is -0.479 e. The number of nitrogens with zero attached hydrogens (tertiary/aromatic N) is 3. The van der Waals surface area contributed by atoms with Crippen LogP contribution in [0.25, 0.3) is 0 Å². The van der Waals surface area contributed by atoms with Crippen molar-refractivity contribution in [2.24, 2.45) is 11.3 Å². The molecule has 24 heavy (non-hydrogen) atoms. The summed E-state index contributed by atoms with van der Waals surface area (Å²) < 4.78 is 28.4. The zero-order valence-electron chi connectivity index (χ0n) is 14.1. The van der Waals surface area contributed by atoms with E-state index in [0.717, 1.165) is 6.42 Å². The van der Waals surface area contributed by atoms with E-state index < -0.39 is 9.84 Å². The van der Waals surface area contributed by atoms with Crippen molar-refractivity contribution in [2.75, 3.05) is 42.9 Å². The second kappa shape index (κ2) is 5.87. The van der Waals surface area contributed by atoms with Gasteiger partial charge in [0.15, 0.2) is 5.82 Å². The van der Waals surface area contributed by atoms with Gasteiger partial charge >= 0.3 is 0 Å². The van der Waals surface area contributed by atoms with E-state index in [2.05, 4.69) is 15.3 Å². The van der Waals surface area contributed by atoms with Crippen LogP contribution in [0.2, 0.25) is 0 Å². The molecule has 132 valence electrons. The van der Waals surface area contributed by atoms with Crippen LogP contribution >= 0.6 is 0 Å². The summed E-state index contributed by atoms with van der Waals surface area (Å²) in [6, 6.07) is 0. The maximum Gasteiger partial charge on any atom is 0.242 e. The molecule has 1 aromatic heterocycles. The van der Waals surface area contributed by atoms with Gasteiger partial charge in [-0.2, -0.15) is 4.98 Å². The summed E-state index contributed by atoms with van der Waals surface area (Å²) in [6.07, 6.45) is 3.25. The van der Waals surface area contributed by atoms with Gasteiger partial charge in [0.25, 0.3) is 0 Å². The molecule has 1 N–H and O–H groups in total. The van der Waals surface area contributed by atoms with E-state index in [1.807, 2.05) is 14.1 Å². The van der Waals surface area contributed by atoms with Crippen molar-refractivity contribution in [1.82, 2.24) is 9.97 Å². The predicted octanol–water partition coefficient (Wildman–Crippen LogP) is 0.705. The minimum absolute atomic E-state index is 0.120. The number of carbonyl (C=O) groups excluding carboxylic acids is 1. The third kappa shape index (κ3) is 3.04. The van der Waals surface area contributed by atoms with Crippen LogP contribution in [0.15, 0.2) is 6.33 Å². The number of amides is 1. The first-order chi connectivity index (χ1) is 11.3. The average molecular weight is 354 g/mol. The Bertz CT molecular complexity index is 749. The Balaban J connectivity index is 1.75. The summed E-state index contributed by atoms with van der Waals surface area (Å²) in [7, 11) is 2.20. The molecular weight excluding hydrogens is 332 g/mol. The van der Waals surface area contributed by atoms with E-state index >= 15 is 0 Å². The topological polar surface area (TPSA) is 101 Å². The van der Waals surface area contributed by atoms with Gasteiger partial charge in [-0.05, 0) is 24.7 Å². The number of hydrogen-bond acceptors (Lipinski definition) is 7. The summed E-state index contributed by atoms with van der Waals surface area (Å²) in [5.41, 5.74) is 0.289. The molecule has 3 rings (SSSR count). The minimum atomic E-state index is -2.93. The largest absolute Gasteiger partial charge is 0.479 e. The summed E-state index contributed by atoms with van der Waals surface area (Å²) in [6.45, 7) is 0. The van der Waals surface area contributed by atoms with E-state index in [9.17, 15) is 13.2 Å². The van der Waals surface area contributed by atoms with E-state index in [1.165, 1.54) is 13.4 Å². The van der Waals surface area contributed by atoms with Gasteiger partial charge in [0.1, 0.15) is 21.9 Å². The standard InChI is InChI=1S/C15H22N4O4S/c1-19(2)12-11(14(23-3)17-9-16-12)18-13(20)10-8-15(10)4-6-24(21,22)7-5-15/h9-10H,4-8H2,1-3H3,(H,18,20). The highest BCUT2D eigenvalue weighted by atomic mass is 32.2. The van der Waals surface area contributed by atoms with Crippen molar-refractivity contribution < 1.29 is 17.9 Å². The van der Waals surface area contributed by atoms with E-state index in [-0.39, 0.29) is 28.7 Å². The first-order valence-corrected chi connectivity index (χ1v) is 9.68. The second-order valence-corrected chi connectivity index (χ2v) is 9.04. The normalized spacial score (nSPS) is 23.5. The molecule has 0 bridgehead atoms. The molecule has 1 aromatic rings. The molecule has 2 fully saturated rings. The Morgan fingerprint density at radius 1 is 1.33 bits per heavy atom. The van der Waals surface area contributed by atoms with Crippen molar-refractivity contribution >= 4 is 27.2 Å². The smallest absolute Gasteiger partial charge is 0.242 e. The van der Waals surface area contributed by atoms with Crippen LogP contribution in [0.5, 0.6) is 5.88 Å². The third-order valence-corrected chi connectivity index (χ3v) is 6.64. The number of anilines is 2. The molecule has 2 heterocycles. The van der Waals surface area contributed by atoms with Crippen molar-refractivity contribution in [3.05, 3.63) is 6.33 Å². The Morgan fingerprint density at radius 3 is 2.58 bits per heavy atom. The Labute approximate surface area is 141 Å². The number of methoxy groups -OCH3 is 1. The number of aromatic nitrogens is 2. The number of carbonyl (C=O) groups is 1. The lowest BCUT2D eigenvalue weighted by Gasteiger charge is -2.23. The maximum atomic E-state index is 12.7. The van der Waals surface area contributed by atoms with Crippen LogP contribution in [0.1, 0.15) is 19.3 Å². The van der Waals surface area contributed by atoms with Gasteiger partial charge in [0.2, 0.25) is 11.8 Å². The summed E-state index contributed by atoms with van der Waals surface area (Å²) >= 11 is 0. The van der Waals surface area contributed by atoms with Gasteiger partial charge in [-0.1, -0.05) is 0 Å². The lowest BCUT2D eigenvalue weighted by molar-refractivity contribution is -0.118. The fourth-order valence-electron chi connectivity index (χ4n) is 3.39. The molecular formula is C15H22N4O4S. The monoisotopic (exact) mass is 354 g/mol. The highest BCUT2D eigenvalue weighted by molar-refractivity contribution is 7.91. The predicted molar refractivity (Wildman–Crippen MR) is 90.0 cm³/mol. The molecule has 1 saturated heterocycles.